The number of aromatic hydroxyl groups is 1. The second-order valence-corrected chi connectivity index (χ2v) is 7.64. The predicted molar refractivity (Wildman–Crippen MR) is 113 cm³/mol. The molecular formula is C24H40O3. The number of phenolic OH excluding ortho intramolecular Hbond substituents is 1. The first kappa shape index (κ1) is 23.5. The lowest BCUT2D eigenvalue weighted by atomic mass is 10.0. The average Bonchev–Trinajstić information content (AvgIpc) is 2.67. The van der Waals surface area contributed by atoms with Crippen molar-refractivity contribution < 1.29 is 14.6 Å². The molecule has 3 nitrogen and oxygen atoms in total. The fraction of sp³-hybridized carbons (Fsp3) is 0.708. The van der Waals surface area contributed by atoms with Crippen LogP contribution in [0.15, 0.2) is 24.3 Å². The molecule has 1 aromatic rings. The fourth-order valence-electron chi connectivity index (χ4n) is 3.35. The van der Waals surface area contributed by atoms with E-state index in [1.165, 1.54) is 89.5 Å². The molecule has 0 radical (unpaired) electrons. The van der Waals surface area contributed by atoms with Crippen LogP contribution in [0.3, 0.4) is 0 Å². The van der Waals surface area contributed by atoms with Crippen LogP contribution < -0.4 is 0 Å². The summed E-state index contributed by atoms with van der Waals surface area (Å²) in [4.78, 5) is 11.8. The molecule has 154 valence electrons. The zero-order valence-electron chi connectivity index (χ0n) is 17.4. The number of rotatable bonds is 17. The van der Waals surface area contributed by atoms with Gasteiger partial charge in [0.1, 0.15) is 5.75 Å². The Kier molecular flexibility index (Phi) is 14.5. The number of phenols is 1. The fourth-order valence-corrected chi connectivity index (χ4v) is 3.35. The molecule has 27 heavy (non-hydrogen) atoms. The summed E-state index contributed by atoms with van der Waals surface area (Å²) in [5, 5.41) is 9.37. The number of benzene rings is 1. The number of esters is 1. The Labute approximate surface area is 166 Å². The van der Waals surface area contributed by atoms with Crippen LogP contribution in [0.25, 0.3) is 0 Å². The second-order valence-electron chi connectivity index (χ2n) is 7.64. The summed E-state index contributed by atoms with van der Waals surface area (Å²) in [6, 6.07) is 6.30. The van der Waals surface area contributed by atoms with E-state index in [1.807, 2.05) is 0 Å². The molecule has 0 amide bonds. The standard InChI is InChI=1S/C24H40O3/c1-2-3-4-5-6-7-8-9-10-11-12-13-14-15-16-20-27-24(26)22-18-17-19-23(25)21-22/h17-19,21,25H,2-16,20H2,1H3. The Hall–Kier alpha value is -1.51. The molecular weight excluding hydrogens is 336 g/mol. The second kappa shape index (κ2) is 16.6. The minimum Gasteiger partial charge on any atom is -0.508 e. The van der Waals surface area contributed by atoms with Crippen LogP contribution in [-0.4, -0.2) is 17.7 Å². The average molecular weight is 377 g/mol. The van der Waals surface area contributed by atoms with E-state index in [2.05, 4.69) is 6.92 Å². The van der Waals surface area contributed by atoms with Crippen molar-refractivity contribution in [3.05, 3.63) is 29.8 Å². The smallest absolute Gasteiger partial charge is 0.338 e. The van der Waals surface area contributed by atoms with Crippen LogP contribution in [0.2, 0.25) is 0 Å². The molecule has 0 aliphatic heterocycles. The molecule has 0 atom stereocenters. The summed E-state index contributed by atoms with van der Waals surface area (Å²) in [6.45, 7) is 2.74. The normalized spacial score (nSPS) is 10.9. The molecule has 0 fully saturated rings. The van der Waals surface area contributed by atoms with Gasteiger partial charge in [-0.25, -0.2) is 4.79 Å². The lowest BCUT2D eigenvalue weighted by Gasteiger charge is -2.05. The van der Waals surface area contributed by atoms with Gasteiger partial charge in [-0.3, -0.25) is 0 Å². The monoisotopic (exact) mass is 376 g/mol. The van der Waals surface area contributed by atoms with E-state index in [4.69, 9.17) is 4.74 Å². The molecule has 0 saturated heterocycles. The third kappa shape index (κ3) is 13.3. The first-order chi connectivity index (χ1) is 13.2. The summed E-state index contributed by atoms with van der Waals surface area (Å²) >= 11 is 0. The Bertz CT molecular complexity index is 484. The van der Waals surface area contributed by atoms with Crippen molar-refractivity contribution in [2.24, 2.45) is 0 Å². The maximum atomic E-state index is 11.8. The quantitative estimate of drug-likeness (QED) is 0.227. The van der Waals surface area contributed by atoms with Crippen molar-refractivity contribution >= 4 is 5.97 Å². The van der Waals surface area contributed by atoms with Crippen LogP contribution in [0.1, 0.15) is 114 Å². The van der Waals surface area contributed by atoms with E-state index in [-0.39, 0.29) is 11.7 Å². The van der Waals surface area contributed by atoms with Gasteiger partial charge in [-0.2, -0.15) is 0 Å². The van der Waals surface area contributed by atoms with E-state index in [1.54, 1.807) is 18.2 Å². The van der Waals surface area contributed by atoms with Gasteiger partial charge in [0.05, 0.1) is 12.2 Å². The Morgan fingerprint density at radius 3 is 1.74 bits per heavy atom. The van der Waals surface area contributed by atoms with Gasteiger partial charge in [0.15, 0.2) is 0 Å². The van der Waals surface area contributed by atoms with Gasteiger partial charge < -0.3 is 9.84 Å². The van der Waals surface area contributed by atoms with Gasteiger partial charge in [-0.05, 0) is 24.6 Å². The molecule has 0 bridgehead atoms. The van der Waals surface area contributed by atoms with Gasteiger partial charge >= 0.3 is 5.97 Å². The molecule has 0 unspecified atom stereocenters. The Morgan fingerprint density at radius 2 is 1.26 bits per heavy atom. The van der Waals surface area contributed by atoms with Crippen molar-refractivity contribution in [2.75, 3.05) is 6.61 Å². The number of carbonyl (C=O) groups excluding carboxylic acids is 1. The van der Waals surface area contributed by atoms with Crippen molar-refractivity contribution in [1.82, 2.24) is 0 Å². The van der Waals surface area contributed by atoms with Crippen LogP contribution in [-0.2, 0) is 4.74 Å². The number of hydrogen-bond donors (Lipinski definition) is 1. The van der Waals surface area contributed by atoms with Gasteiger partial charge in [-0.15, -0.1) is 0 Å². The molecule has 0 heterocycles. The molecule has 0 aliphatic rings. The Balaban J connectivity index is 1.81. The largest absolute Gasteiger partial charge is 0.508 e. The lowest BCUT2D eigenvalue weighted by Crippen LogP contribution is -2.06. The zero-order valence-corrected chi connectivity index (χ0v) is 17.4. The number of ether oxygens (including phenoxy) is 1. The van der Waals surface area contributed by atoms with Crippen molar-refractivity contribution in [2.45, 2.75) is 103 Å². The summed E-state index contributed by atoms with van der Waals surface area (Å²) in [7, 11) is 0. The first-order valence-electron chi connectivity index (χ1n) is 11.2. The van der Waals surface area contributed by atoms with E-state index < -0.39 is 0 Å². The molecule has 0 aliphatic carbocycles. The first-order valence-corrected chi connectivity index (χ1v) is 11.2. The third-order valence-corrected chi connectivity index (χ3v) is 5.06. The Morgan fingerprint density at radius 1 is 0.778 bits per heavy atom. The zero-order chi connectivity index (χ0) is 19.6. The number of hydrogen-bond acceptors (Lipinski definition) is 3. The minimum absolute atomic E-state index is 0.0939. The van der Waals surface area contributed by atoms with E-state index in [0.717, 1.165) is 12.8 Å². The van der Waals surface area contributed by atoms with E-state index >= 15 is 0 Å². The molecule has 1 rings (SSSR count). The molecule has 0 aromatic heterocycles. The molecule has 1 aromatic carbocycles. The highest BCUT2D eigenvalue weighted by Gasteiger charge is 2.06. The summed E-state index contributed by atoms with van der Waals surface area (Å²) in [5.74, 6) is -0.257. The third-order valence-electron chi connectivity index (χ3n) is 5.06. The van der Waals surface area contributed by atoms with Crippen molar-refractivity contribution in [3.63, 3.8) is 0 Å². The molecule has 1 N–H and O–H groups in total. The predicted octanol–water partition coefficient (Wildman–Crippen LogP) is 7.42. The molecule has 0 spiro atoms. The maximum absolute atomic E-state index is 11.8. The number of carbonyl (C=O) groups is 1. The highest BCUT2D eigenvalue weighted by atomic mass is 16.5. The van der Waals surface area contributed by atoms with Crippen LogP contribution in [0.5, 0.6) is 5.75 Å². The van der Waals surface area contributed by atoms with E-state index in [0.29, 0.717) is 12.2 Å². The van der Waals surface area contributed by atoms with Crippen LogP contribution in [0.4, 0.5) is 0 Å². The minimum atomic E-state index is -0.351. The van der Waals surface area contributed by atoms with Gasteiger partial charge in [-0.1, -0.05) is 103 Å². The van der Waals surface area contributed by atoms with Crippen molar-refractivity contribution in [1.29, 1.82) is 0 Å². The molecule has 3 heteroatoms. The number of unbranched alkanes of at least 4 members (excludes halogenated alkanes) is 14. The topological polar surface area (TPSA) is 46.5 Å². The summed E-state index contributed by atoms with van der Waals surface area (Å²) in [5.41, 5.74) is 0.413. The van der Waals surface area contributed by atoms with Crippen LogP contribution >= 0.6 is 0 Å². The summed E-state index contributed by atoms with van der Waals surface area (Å²) < 4.78 is 5.25. The van der Waals surface area contributed by atoms with Crippen molar-refractivity contribution in [3.8, 4) is 5.75 Å². The van der Waals surface area contributed by atoms with E-state index in [9.17, 15) is 9.90 Å². The molecule has 0 saturated carbocycles. The van der Waals surface area contributed by atoms with Gasteiger partial charge in [0, 0.05) is 0 Å². The SMILES string of the molecule is CCCCCCCCCCCCCCCCCOC(=O)c1cccc(O)c1. The van der Waals surface area contributed by atoms with Gasteiger partial charge in [0.2, 0.25) is 0 Å². The maximum Gasteiger partial charge on any atom is 0.338 e. The van der Waals surface area contributed by atoms with Gasteiger partial charge in [0.25, 0.3) is 0 Å². The lowest BCUT2D eigenvalue weighted by molar-refractivity contribution is 0.0497. The summed E-state index contributed by atoms with van der Waals surface area (Å²) in [6.07, 6.45) is 19.9. The highest BCUT2D eigenvalue weighted by molar-refractivity contribution is 5.89. The van der Waals surface area contributed by atoms with Crippen LogP contribution in [0, 0.1) is 0 Å². The highest BCUT2D eigenvalue weighted by Crippen LogP contribution is 2.14.